The molecule has 0 saturated carbocycles. The first kappa shape index (κ1) is 23.0. The van der Waals surface area contributed by atoms with E-state index < -0.39 is 15.6 Å². The van der Waals surface area contributed by atoms with E-state index >= 15 is 0 Å². The standard InChI is InChI=1S/C26H28ClNO3S/c1-19-18-25(20(2)17-24(19)27)32(30,31)28-15-13-23(14-16-28)26(29,21-9-5-3-6-10-21)22-11-7-4-8-12-22/h3-12,17-18,23,29H,13-16H2,1-2H3. The molecule has 0 aromatic heterocycles. The Morgan fingerprint density at radius 2 is 1.38 bits per heavy atom. The highest BCUT2D eigenvalue weighted by Gasteiger charge is 2.43. The second-order valence-electron chi connectivity index (χ2n) is 8.54. The van der Waals surface area contributed by atoms with Crippen LogP contribution in [0.15, 0.2) is 77.7 Å². The second-order valence-corrected chi connectivity index (χ2v) is 10.9. The van der Waals surface area contributed by atoms with Crippen molar-refractivity contribution in [3.05, 3.63) is 100 Å². The minimum atomic E-state index is -3.64. The van der Waals surface area contributed by atoms with E-state index in [0.717, 1.165) is 16.7 Å². The number of sulfonamides is 1. The minimum Gasteiger partial charge on any atom is -0.380 e. The highest BCUT2D eigenvalue weighted by molar-refractivity contribution is 7.89. The summed E-state index contributed by atoms with van der Waals surface area (Å²) in [4.78, 5) is 0.305. The van der Waals surface area contributed by atoms with E-state index in [1.807, 2.05) is 67.6 Å². The van der Waals surface area contributed by atoms with Crippen LogP contribution in [0.25, 0.3) is 0 Å². The summed E-state index contributed by atoms with van der Waals surface area (Å²) in [6.45, 7) is 4.30. The zero-order valence-corrected chi connectivity index (χ0v) is 19.9. The summed E-state index contributed by atoms with van der Waals surface area (Å²) >= 11 is 6.17. The van der Waals surface area contributed by atoms with Gasteiger partial charge in [-0.2, -0.15) is 4.31 Å². The second kappa shape index (κ2) is 8.99. The van der Waals surface area contributed by atoms with Crippen LogP contribution in [0.5, 0.6) is 0 Å². The fourth-order valence-electron chi connectivity index (χ4n) is 4.71. The van der Waals surface area contributed by atoms with Crippen molar-refractivity contribution in [1.82, 2.24) is 4.31 Å². The third-order valence-corrected chi connectivity index (χ3v) is 8.99. The molecule has 6 heteroatoms. The van der Waals surface area contributed by atoms with Gasteiger partial charge >= 0.3 is 0 Å². The maximum absolute atomic E-state index is 13.4. The Balaban J connectivity index is 1.62. The van der Waals surface area contributed by atoms with Crippen molar-refractivity contribution in [2.24, 2.45) is 5.92 Å². The first-order valence-electron chi connectivity index (χ1n) is 10.8. The van der Waals surface area contributed by atoms with Gasteiger partial charge in [0.25, 0.3) is 0 Å². The van der Waals surface area contributed by atoms with Gasteiger partial charge in [-0.05, 0) is 67.0 Å². The first-order chi connectivity index (χ1) is 15.2. The Labute approximate surface area is 195 Å². The van der Waals surface area contributed by atoms with Crippen molar-refractivity contribution < 1.29 is 13.5 Å². The molecular formula is C26H28ClNO3S. The zero-order valence-electron chi connectivity index (χ0n) is 18.3. The fourth-order valence-corrected chi connectivity index (χ4v) is 6.69. The quantitative estimate of drug-likeness (QED) is 0.552. The van der Waals surface area contributed by atoms with E-state index in [-0.39, 0.29) is 5.92 Å². The van der Waals surface area contributed by atoms with Gasteiger partial charge in [0.2, 0.25) is 10.0 Å². The number of hydrogen-bond acceptors (Lipinski definition) is 3. The Morgan fingerprint density at radius 1 is 0.875 bits per heavy atom. The van der Waals surface area contributed by atoms with Crippen molar-refractivity contribution in [2.45, 2.75) is 37.2 Å². The molecule has 168 valence electrons. The van der Waals surface area contributed by atoms with Gasteiger partial charge in [-0.25, -0.2) is 8.42 Å². The molecule has 1 saturated heterocycles. The van der Waals surface area contributed by atoms with Crippen LogP contribution in [0.3, 0.4) is 0 Å². The van der Waals surface area contributed by atoms with Crippen molar-refractivity contribution in [1.29, 1.82) is 0 Å². The van der Waals surface area contributed by atoms with Crippen molar-refractivity contribution in [3.63, 3.8) is 0 Å². The van der Waals surface area contributed by atoms with Crippen LogP contribution in [0, 0.1) is 19.8 Å². The van der Waals surface area contributed by atoms with Crippen LogP contribution in [0.4, 0.5) is 0 Å². The lowest BCUT2D eigenvalue weighted by atomic mass is 9.72. The molecule has 1 aliphatic rings. The molecule has 0 spiro atoms. The van der Waals surface area contributed by atoms with Crippen LogP contribution >= 0.6 is 11.6 Å². The molecule has 4 rings (SSSR count). The number of halogens is 1. The van der Waals surface area contributed by atoms with E-state index in [0.29, 0.717) is 41.4 Å². The molecule has 1 heterocycles. The lowest BCUT2D eigenvalue weighted by molar-refractivity contribution is -0.00531. The zero-order chi connectivity index (χ0) is 22.9. The molecule has 0 amide bonds. The topological polar surface area (TPSA) is 57.6 Å². The molecular weight excluding hydrogens is 442 g/mol. The van der Waals surface area contributed by atoms with Crippen LogP contribution < -0.4 is 0 Å². The summed E-state index contributed by atoms with van der Waals surface area (Å²) in [6, 6.07) is 22.7. The summed E-state index contributed by atoms with van der Waals surface area (Å²) < 4.78 is 28.3. The molecule has 1 aliphatic heterocycles. The van der Waals surface area contributed by atoms with Crippen LogP contribution in [0.1, 0.15) is 35.1 Å². The lowest BCUT2D eigenvalue weighted by Crippen LogP contribution is -2.46. The molecule has 0 unspecified atom stereocenters. The fraction of sp³-hybridized carbons (Fsp3) is 0.308. The van der Waals surface area contributed by atoms with Gasteiger partial charge in [-0.3, -0.25) is 0 Å². The van der Waals surface area contributed by atoms with Gasteiger partial charge in [0.15, 0.2) is 0 Å². The normalized spacial score (nSPS) is 16.2. The van der Waals surface area contributed by atoms with Gasteiger partial charge in [-0.1, -0.05) is 72.3 Å². The monoisotopic (exact) mass is 469 g/mol. The SMILES string of the molecule is Cc1cc(S(=O)(=O)N2CCC(C(O)(c3ccccc3)c3ccccc3)CC2)c(C)cc1Cl. The smallest absolute Gasteiger partial charge is 0.243 e. The van der Waals surface area contributed by atoms with Crippen LogP contribution in [-0.4, -0.2) is 30.9 Å². The van der Waals surface area contributed by atoms with E-state index in [2.05, 4.69) is 0 Å². The highest BCUT2D eigenvalue weighted by atomic mass is 35.5. The molecule has 0 aliphatic carbocycles. The van der Waals surface area contributed by atoms with Crippen molar-refractivity contribution >= 4 is 21.6 Å². The average Bonchev–Trinajstić information content (AvgIpc) is 2.82. The number of piperidine rings is 1. The lowest BCUT2D eigenvalue weighted by Gasteiger charge is -2.42. The molecule has 0 atom stereocenters. The van der Waals surface area contributed by atoms with E-state index in [4.69, 9.17) is 11.6 Å². The molecule has 3 aromatic carbocycles. The largest absolute Gasteiger partial charge is 0.380 e. The van der Waals surface area contributed by atoms with Crippen LogP contribution in [-0.2, 0) is 15.6 Å². The number of rotatable bonds is 5. The summed E-state index contributed by atoms with van der Waals surface area (Å²) in [5.41, 5.74) is 1.87. The van der Waals surface area contributed by atoms with Crippen molar-refractivity contribution in [2.75, 3.05) is 13.1 Å². The summed E-state index contributed by atoms with van der Waals surface area (Å²) in [5.74, 6) is -0.105. The summed E-state index contributed by atoms with van der Waals surface area (Å²) in [5, 5.41) is 12.6. The molecule has 0 bridgehead atoms. The molecule has 1 N–H and O–H groups in total. The predicted molar refractivity (Wildman–Crippen MR) is 128 cm³/mol. The minimum absolute atomic E-state index is 0.105. The number of nitrogens with zero attached hydrogens (tertiary/aromatic N) is 1. The van der Waals surface area contributed by atoms with Crippen LogP contribution in [0.2, 0.25) is 5.02 Å². The van der Waals surface area contributed by atoms with E-state index in [1.54, 1.807) is 19.1 Å². The van der Waals surface area contributed by atoms with Gasteiger partial charge in [-0.15, -0.1) is 0 Å². The third-order valence-electron chi connectivity index (χ3n) is 6.55. The Hall–Kier alpha value is -2.18. The number of benzene rings is 3. The Bertz CT molecular complexity index is 1150. The van der Waals surface area contributed by atoms with Gasteiger partial charge in [0.1, 0.15) is 5.60 Å². The summed E-state index contributed by atoms with van der Waals surface area (Å²) in [6.07, 6.45) is 1.12. The predicted octanol–water partition coefficient (Wildman–Crippen LogP) is 5.29. The third kappa shape index (κ3) is 4.11. The molecule has 1 fully saturated rings. The summed E-state index contributed by atoms with van der Waals surface area (Å²) in [7, 11) is -3.64. The van der Waals surface area contributed by atoms with Gasteiger partial charge in [0.05, 0.1) is 4.90 Å². The number of aryl methyl sites for hydroxylation is 2. The molecule has 4 nitrogen and oxygen atoms in total. The first-order valence-corrected chi connectivity index (χ1v) is 12.7. The molecule has 32 heavy (non-hydrogen) atoms. The maximum Gasteiger partial charge on any atom is 0.243 e. The maximum atomic E-state index is 13.4. The van der Waals surface area contributed by atoms with Crippen molar-refractivity contribution in [3.8, 4) is 0 Å². The van der Waals surface area contributed by atoms with Gasteiger partial charge < -0.3 is 5.11 Å². The molecule has 0 radical (unpaired) electrons. The highest BCUT2D eigenvalue weighted by Crippen LogP contribution is 2.42. The van der Waals surface area contributed by atoms with E-state index in [9.17, 15) is 13.5 Å². The number of aliphatic hydroxyl groups is 1. The Morgan fingerprint density at radius 3 is 1.88 bits per heavy atom. The molecule has 3 aromatic rings. The van der Waals surface area contributed by atoms with E-state index in [1.165, 1.54) is 4.31 Å². The Kier molecular flexibility index (Phi) is 6.46. The average molecular weight is 470 g/mol. The number of hydrogen-bond donors (Lipinski definition) is 1. The van der Waals surface area contributed by atoms with Gasteiger partial charge in [0, 0.05) is 18.1 Å².